The molecule has 0 amide bonds. The van der Waals surface area contributed by atoms with Crippen molar-refractivity contribution < 1.29 is 85.6 Å². The van der Waals surface area contributed by atoms with Crippen molar-refractivity contribution >= 4 is 133 Å². The number of hydrogen-bond donors (Lipinski definition) is 0. The van der Waals surface area contributed by atoms with Crippen LogP contribution < -0.4 is 56.8 Å². The van der Waals surface area contributed by atoms with Crippen LogP contribution in [0, 0.1) is 0 Å². The van der Waals surface area contributed by atoms with Crippen LogP contribution in [0.5, 0.6) is 69.0 Å². The van der Waals surface area contributed by atoms with E-state index in [0.717, 1.165) is 186 Å². The molecule has 0 saturated heterocycles. The van der Waals surface area contributed by atoms with E-state index in [2.05, 4.69) is 39.5 Å². The zero-order chi connectivity index (χ0) is 99.9. The molecule has 732 valence electrons. The van der Waals surface area contributed by atoms with Crippen molar-refractivity contribution in [1.82, 2.24) is 0 Å². The Morgan fingerprint density at radius 1 is 0.167 bits per heavy atom. The van der Waals surface area contributed by atoms with Gasteiger partial charge in [-0.3, -0.25) is 0 Å². The second kappa shape index (κ2) is 50.4. The maximum Gasteiger partial charge on any atom is 0.343 e. The van der Waals surface area contributed by atoms with Gasteiger partial charge in [0, 0.05) is 0 Å². The third-order valence-corrected chi connectivity index (χ3v) is 25.6. The number of esters is 6. The number of rotatable bonds is 54. The highest BCUT2D eigenvalue weighted by Gasteiger charge is 2.29. The van der Waals surface area contributed by atoms with E-state index in [-0.39, 0.29) is 100 Å². The van der Waals surface area contributed by atoms with E-state index in [1.54, 1.807) is 109 Å². The van der Waals surface area contributed by atoms with Crippen molar-refractivity contribution in [3.05, 3.63) is 364 Å². The summed E-state index contributed by atoms with van der Waals surface area (Å²) in [6.45, 7) is 26.2. The summed E-state index contributed by atoms with van der Waals surface area (Å²) < 4.78 is 77.1. The van der Waals surface area contributed by atoms with Gasteiger partial charge in [-0.25, -0.2) is 28.8 Å². The van der Waals surface area contributed by atoms with E-state index in [9.17, 15) is 0 Å². The fourth-order valence-electron chi connectivity index (χ4n) is 17.6. The normalized spacial score (nSPS) is 11.2. The lowest BCUT2D eigenvalue weighted by Crippen LogP contribution is -2.14. The molecule has 0 aliphatic heterocycles. The van der Waals surface area contributed by atoms with Crippen molar-refractivity contribution in [3.63, 3.8) is 0 Å². The van der Waals surface area contributed by atoms with Gasteiger partial charge < -0.3 is 56.8 Å². The minimum Gasteiger partial charge on any atom is -0.494 e. The summed E-state index contributed by atoms with van der Waals surface area (Å²) in [5.41, 5.74) is 0.796. The van der Waals surface area contributed by atoms with E-state index in [1.807, 2.05) is 146 Å². The summed E-state index contributed by atoms with van der Waals surface area (Å²) >= 11 is 0. The van der Waals surface area contributed by atoms with Gasteiger partial charge in [0.1, 0.15) is 34.5 Å². The Balaban J connectivity index is 0.869. The van der Waals surface area contributed by atoms with Crippen LogP contribution in [-0.2, 0) is 0 Å². The van der Waals surface area contributed by atoms with Crippen LogP contribution in [0.15, 0.2) is 331 Å². The second-order valence-corrected chi connectivity index (χ2v) is 36.1. The second-order valence-electron chi connectivity index (χ2n) is 36.1. The molecule has 0 heterocycles. The average Bonchev–Trinajstić information content (AvgIpc) is 0.719. The maximum atomic E-state index is 15.5. The molecule has 16 rings (SSSR count). The van der Waals surface area contributed by atoms with Crippen LogP contribution >= 0.6 is 0 Å². The van der Waals surface area contributed by atoms with Gasteiger partial charge >= 0.3 is 35.8 Å². The lowest BCUT2D eigenvalue weighted by molar-refractivity contribution is 0.0682. The molecule has 0 N–H and O–H groups in total. The van der Waals surface area contributed by atoms with Gasteiger partial charge in [-0.2, -0.15) is 0 Å². The Kier molecular flexibility index (Phi) is 35.3. The number of fused-ring (bicyclic) bond motifs is 12. The van der Waals surface area contributed by atoms with Gasteiger partial charge in [-0.15, -0.1) is 39.5 Å². The van der Waals surface area contributed by atoms with Crippen LogP contribution in [0.2, 0.25) is 0 Å². The molecular formula is C126H120O18. The topological polar surface area (TPSA) is 213 Å². The lowest BCUT2D eigenvalue weighted by atomic mass is 9.93. The zero-order valence-electron chi connectivity index (χ0n) is 81.5. The fourth-order valence-corrected chi connectivity index (χ4v) is 17.6. The molecule has 16 aromatic rings. The van der Waals surface area contributed by atoms with Crippen molar-refractivity contribution in [1.29, 1.82) is 0 Å². The van der Waals surface area contributed by atoms with Crippen molar-refractivity contribution in [3.8, 4) is 69.0 Å². The number of allylic oxidation sites excluding steroid dienone is 6. The Morgan fingerprint density at radius 3 is 0.451 bits per heavy atom. The van der Waals surface area contributed by atoms with Crippen LogP contribution in [0.25, 0.3) is 97.0 Å². The average molecular weight is 1920 g/mol. The SMILES string of the molecule is C=CCCCCCOc1ccc2cc(C(=O)Oc3cc4c5cc(OC(=O)c6ccc7cc(OCCCCCC=C)ccc7c6)c(OC(=O)c6ccc7cc(OCCCCCC=C)ccc7c6)cc5c5cc(OC(=O)c6ccc7cc(OCCCCCC=C)ccc7c6)c(OC(=O)c6ccc7cc(OCCCCCC=C)ccc7c6)cc5c4cc3OC(=O)c3ccc4cc(OCCCCCC=C)ccc4c3)ccc2c1. The Bertz CT molecular complexity index is 6310. The summed E-state index contributed by atoms with van der Waals surface area (Å²) in [6.07, 6.45) is 34.2. The molecule has 18 nitrogen and oxygen atoms in total. The maximum absolute atomic E-state index is 15.5. The quantitative estimate of drug-likeness (QED) is 0.0114. The highest BCUT2D eigenvalue weighted by molar-refractivity contribution is 6.27. The number of ether oxygens (including phenoxy) is 12. The van der Waals surface area contributed by atoms with Gasteiger partial charge in [-0.05, 0) is 433 Å². The number of benzene rings is 16. The molecule has 16 aromatic carbocycles. The molecular weight excluding hydrogens is 1800 g/mol. The van der Waals surface area contributed by atoms with Crippen LogP contribution in [0.1, 0.15) is 216 Å². The van der Waals surface area contributed by atoms with E-state index in [1.165, 1.54) is 36.4 Å². The van der Waals surface area contributed by atoms with Crippen molar-refractivity contribution in [2.24, 2.45) is 0 Å². The van der Waals surface area contributed by atoms with Crippen molar-refractivity contribution in [2.75, 3.05) is 39.6 Å². The van der Waals surface area contributed by atoms with E-state index in [4.69, 9.17) is 56.8 Å². The smallest absolute Gasteiger partial charge is 0.343 e. The summed E-state index contributed by atoms with van der Waals surface area (Å²) in [7, 11) is 0. The third kappa shape index (κ3) is 26.6. The first-order valence-electron chi connectivity index (χ1n) is 50.1. The molecule has 18 heteroatoms. The molecule has 0 aliphatic rings. The highest BCUT2D eigenvalue weighted by atomic mass is 16.6. The lowest BCUT2D eigenvalue weighted by Gasteiger charge is -2.19. The Hall–Kier alpha value is -16.1. The molecule has 0 aliphatic carbocycles. The van der Waals surface area contributed by atoms with Crippen LogP contribution in [0.4, 0.5) is 0 Å². The van der Waals surface area contributed by atoms with E-state index in [0.29, 0.717) is 106 Å². The van der Waals surface area contributed by atoms with Gasteiger partial charge in [0.2, 0.25) is 0 Å². The summed E-state index contributed by atoms with van der Waals surface area (Å²) in [5, 5.41) is 10.5. The monoisotopic (exact) mass is 1920 g/mol. The van der Waals surface area contributed by atoms with Crippen LogP contribution in [-0.4, -0.2) is 75.5 Å². The number of hydrogen-bond acceptors (Lipinski definition) is 18. The molecule has 0 atom stereocenters. The predicted molar refractivity (Wildman–Crippen MR) is 577 cm³/mol. The number of carbonyl (C=O) groups excluding carboxylic acids is 6. The molecule has 0 unspecified atom stereocenters. The molecule has 0 fully saturated rings. The molecule has 0 aromatic heterocycles. The first kappa shape index (κ1) is 101. The third-order valence-electron chi connectivity index (χ3n) is 25.6. The molecule has 144 heavy (non-hydrogen) atoms. The van der Waals surface area contributed by atoms with E-state index >= 15 is 28.8 Å². The van der Waals surface area contributed by atoms with Crippen LogP contribution in [0.3, 0.4) is 0 Å². The van der Waals surface area contributed by atoms with Gasteiger partial charge in [0.15, 0.2) is 34.5 Å². The predicted octanol–water partition coefficient (Wildman–Crippen LogP) is 32.1. The fraction of sp³-hybridized carbons (Fsp3) is 0.238. The summed E-state index contributed by atoms with van der Waals surface area (Å²) in [6, 6.07) is 73.9. The minimum atomic E-state index is -0.843. The molecule has 0 spiro atoms. The molecule has 0 bridgehead atoms. The largest absolute Gasteiger partial charge is 0.494 e. The molecule has 0 radical (unpaired) electrons. The van der Waals surface area contributed by atoms with Gasteiger partial charge in [-0.1, -0.05) is 109 Å². The first-order chi connectivity index (χ1) is 70.6. The highest BCUT2D eigenvalue weighted by Crippen LogP contribution is 2.49. The minimum absolute atomic E-state index is 0.133. The standard InChI is InChI=1S/C126H120O18/c1-7-13-19-25-31-61-133-103-55-49-85-67-97(43-37-91(85)73-103)121(127)139-115-79-109-110(80-116(115)140-122(128)98-44-38-92-74-104(56-50-86(92)68-98)134-62-32-26-20-14-8-2)112-82-118(142-124(130)100-46-40-94-76-106(58-52-88(94)70-100)136-64-34-28-22-16-10-4)120(144-126(132)102-48-42-96-78-108(60-54-90(96)72-102)138-66-36-30-24-18-12-6)84-114(112)113-83-119(143-125(131)101-47-41-95-77-107(59-53-89(95)71-101)137-65-35-29-23-17-11-5)117(81-111(109)113)141-123(129)99-45-39-93-75-105(57-51-87(93)69-99)135-63-33-27-21-15-9-3/h7-12,37-60,67-84H,1-6,13-36,61-66H2. The summed E-state index contributed by atoms with van der Waals surface area (Å²) in [5.74, 6) is -2.56. The van der Waals surface area contributed by atoms with Crippen molar-refractivity contribution in [2.45, 2.75) is 154 Å². The number of carbonyl (C=O) groups is 6. The Morgan fingerprint density at radius 2 is 0.306 bits per heavy atom. The number of unbranched alkanes of at least 4 members (excludes halogenated alkanes) is 18. The zero-order valence-corrected chi connectivity index (χ0v) is 81.5. The first-order valence-corrected chi connectivity index (χ1v) is 50.1. The van der Waals surface area contributed by atoms with E-state index < -0.39 is 35.8 Å². The summed E-state index contributed by atoms with van der Waals surface area (Å²) in [4.78, 5) is 92.9. The molecule has 0 saturated carbocycles. The van der Waals surface area contributed by atoms with Gasteiger partial charge in [0.05, 0.1) is 73.0 Å². The van der Waals surface area contributed by atoms with Gasteiger partial charge in [0.25, 0.3) is 0 Å². The Labute approximate surface area is 840 Å².